The van der Waals surface area contributed by atoms with Gasteiger partial charge < -0.3 is 10.3 Å². The average Bonchev–Trinajstić information content (AvgIpc) is 2.63. The van der Waals surface area contributed by atoms with Crippen molar-refractivity contribution in [3.05, 3.63) is 36.5 Å². The number of pyridine rings is 1. The number of imidazole rings is 1. The van der Waals surface area contributed by atoms with Crippen molar-refractivity contribution in [2.75, 3.05) is 5.73 Å². The lowest BCUT2D eigenvalue weighted by molar-refractivity contribution is 0.848. The van der Waals surface area contributed by atoms with Crippen molar-refractivity contribution in [1.82, 2.24) is 14.5 Å². The molecule has 5 heteroatoms. The highest BCUT2D eigenvalue weighted by atomic mass is 32.2. The highest BCUT2D eigenvalue weighted by molar-refractivity contribution is 7.98. The Labute approximate surface area is 92.5 Å². The summed E-state index contributed by atoms with van der Waals surface area (Å²) in [6, 6.07) is 3.69. The van der Waals surface area contributed by atoms with E-state index in [0.29, 0.717) is 0 Å². The number of rotatable bonds is 3. The lowest BCUT2D eigenvalue weighted by atomic mass is 10.4. The molecule has 15 heavy (non-hydrogen) atoms. The Kier molecular flexibility index (Phi) is 2.91. The van der Waals surface area contributed by atoms with Crippen molar-refractivity contribution in [1.29, 1.82) is 0 Å². The van der Waals surface area contributed by atoms with E-state index in [0.717, 1.165) is 22.3 Å². The van der Waals surface area contributed by atoms with Crippen LogP contribution in [0.2, 0.25) is 0 Å². The molecule has 2 N–H and O–H groups in total. The van der Waals surface area contributed by atoms with E-state index in [1.54, 1.807) is 24.2 Å². The highest BCUT2D eigenvalue weighted by Gasteiger charge is 2.03. The molecule has 0 aliphatic rings. The summed E-state index contributed by atoms with van der Waals surface area (Å²) in [6.45, 7) is 0. The van der Waals surface area contributed by atoms with E-state index >= 15 is 0 Å². The molecule has 0 aliphatic heterocycles. The Bertz CT molecular complexity index is 452. The van der Waals surface area contributed by atoms with Gasteiger partial charge in [0.1, 0.15) is 10.9 Å². The molecule has 2 aromatic heterocycles. The zero-order valence-electron chi connectivity index (χ0n) is 8.42. The van der Waals surface area contributed by atoms with E-state index in [2.05, 4.69) is 9.97 Å². The van der Waals surface area contributed by atoms with Crippen LogP contribution in [0.1, 0.15) is 5.82 Å². The predicted octanol–water partition coefficient (Wildman–Crippen LogP) is 1.69. The Morgan fingerprint density at radius 1 is 1.40 bits per heavy atom. The topological polar surface area (TPSA) is 56.7 Å². The first-order chi connectivity index (χ1) is 7.27. The SMILES string of the molecule is Cn1ccnc1CSc1ncccc1N. The van der Waals surface area contributed by atoms with Crippen molar-refractivity contribution < 1.29 is 0 Å². The Balaban J connectivity index is 2.06. The maximum atomic E-state index is 5.79. The summed E-state index contributed by atoms with van der Waals surface area (Å²) in [4.78, 5) is 8.44. The maximum absolute atomic E-state index is 5.79. The first-order valence-corrected chi connectivity index (χ1v) is 5.55. The van der Waals surface area contributed by atoms with Gasteiger partial charge in [-0.1, -0.05) is 11.8 Å². The smallest absolute Gasteiger partial charge is 0.119 e. The molecule has 0 saturated carbocycles. The minimum atomic E-state index is 0.719. The number of nitrogens with zero attached hydrogens (tertiary/aromatic N) is 3. The number of aryl methyl sites for hydroxylation is 1. The molecular formula is C10H12N4S. The number of thioether (sulfide) groups is 1. The van der Waals surface area contributed by atoms with Crippen LogP contribution in [0.25, 0.3) is 0 Å². The van der Waals surface area contributed by atoms with E-state index in [4.69, 9.17) is 5.73 Å². The van der Waals surface area contributed by atoms with E-state index in [1.807, 2.05) is 29.9 Å². The fourth-order valence-electron chi connectivity index (χ4n) is 1.19. The zero-order chi connectivity index (χ0) is 10.7. The molecule has 0 amide bonds. The minimum Gasteiger partial charge on any atom is -0.397 e. The van der Waals surface area contributed by atoms with Crippen LogP contribution < -0.4 is 5.73 Å². The van der Waals surface area contributed by atoms with E-state index in [9.17, 15) is 0 Å². The molecule has 0 bridgehead atoms. The van der Waals surface area contributed by atoms with Crippen molar-refractivity contribution in [3.8, 4) is 0 Å². The fraction of sp³-hybridized carbons (Fsp3) is 0.200. The summed E-state index contributed by atoms with van der Waals surface area (Å²) in [5.41, 5.74) is 6.51. The molecule has 4 nitrogen and oxygen atoms in total. The molecule has 0 atom stereocenters. The van der Waals surface area contributed by atoms with Crippen molar-refractivity contribution in [3.63, 3.8) is 0 Å². The largest absolute Gasteiger partial charge is 0.397 e. The first-order valence-electron chi connectivity index (χ1n) is 4.57. The van der Waals surface area contributed by atoms with Crippen LogP contribution in [0.3, 0.4) is 0 Å². The third-order valence-electron chi connectivity index (χ3n) is 2.06. The molecule has 2 heterocycles. The second-order valence-electron chi connectivity index (χ2n) is 3.14. The molecule has 0 aliphatic carbocycles. The molecule has 0 radical (unpaired) electrons. The molecule has 0 spiro atoms. The standard InChI is InChI=1S/C10H12N4S/c1-14-6-5-12-9(14)7-15-10-8(11)3-2-4-13-10/h2-6H,7,11H2,1H3. The number of aromatic nitrogens is 3. The van der Waals surface area contributed by atoms with E-state index in [1.165, 1.54) is 0 Å². The zero-order valence-corrected chi connectivity index (χ0v) is 9.24. The summed E-state index contributed by atoms with van der Waals surface area (Å²) >= 11 is 1.60. The van der Waals surface area contributed by atoms with Crippen molar-refractivity contribution >= 4 is 17.4 Å². The number of anilines is 1. The van der Waals surface area contributed by atoms with Gasteiger partial charge in [0.2, 0.25) is 0 Å². The van der Waals surface area contributed by atoms with E-state index < -0.39 is 0 Å². The highest BCUT2D eigenvalue weighted by Crippen LogP contribution is 2.24. The van der Waals surface area contributed by atoms with Crippen LogP contribution in [-0.4, -0.2) is 14.5 Å². The van der Waals surface area contributed by atoms with Gasteiger partial charge in [0.05, 0.1) is 11.4 Å². The van der Waals surface area contributed by atoms with Crippen molar-refractivity contribution in [2.24, 2.45) is 7.05 Å². The lowest BCUT2D eigenvalue weighted by Crippen LogP contribution is -1.96. The summed E-state index contributed by atoms with van der Waals surface area (Å²) in [6.07, 6.45) is 5.46. The number of nitrogens with two attached hydrogens (primary N) is 1. The summed E-state index contributed by atoms with van der Waals surface area (Å²) in [5.74, 6) is 1.80. The quantitative estimate of drug-likeness (QED) is 0.800. The van der Waals surface area contributed by atoms with Gasteiger partial charge in [0, 0.05) is 25.6 Å². The third-order valence-corrected chi connectivity index (χ3v) is 3.08. The van der Waals surface area contributed by atoms with Gasteiger partial charge in [-0.3, -0.25) is 0 Å². The molecular weight excluding hydrogens is 208 g/mol. The Morgan fingerprint density at radius 3 is 2.93 bits per heavy atom. The second kappa shape index (κ2) is 4.35. The van der Waals surface area contributed by atoms with E-state index in [-0.39, 0.29) is 0 Å². The average molecular weight is 220 g/mol. The third kappa shape index (κ3) is 2.30. The Hall–Kier alpha value is -1.49. The van der Waals surface area contributed by atoms with Gasteiger partial charge >= 0.3 is 0 Å². The van der Waals surface area contributed by atoms with Crippen molar-refractivity contribution in [2.45, 2.75) is 10.8 Å². The first kappa shape index (κ1) is 10.0. The molecule has 2 rings (SSSR count). The number of nitrogen functional groups attached to an aromatic ring is 1. The van der Waals surface area contributed by atoms with Gasteiger partial charge in [-0.15, -0.1) is 0 Å². The number of hydrogen-bond acceptors (Lipinski definition) is 4. The van der Waals surface area contributed by atoms with Crippen LogP contribution in [-0.2, 0) is 12.8 Å². The Morgan fingerprint density at radius 2 is 2.27 bits per heavy atom. The monoisotopic (exact) mass is 220 g/mol. The molecule has 2 aromatic rings. The van der Waals surface area contributed by atoms with Crippen LogP contribution in [0, 0.1) is 0 Å². The number of hydrogen-bond donors (Lipinski definition) is 1. The van der Waals surface area contributed by atoms with Gasteiger partial charge in [-0.05, 0) is 12.1 Å². The fourth-order valence-corrected chi connectivity index (χ4v) is 2.11. The molecule has 0 unspecified atom stereocenters. The van der Waals surface area contributed by atoms with Gasteiger partial charge in [0.15, 0.2) is 0 Å². The van der Waals surface area contributed by atoms with Crippen LogP contribution in [0.5, 0.6) is 0 Å². The summed E-state index contributed by atoms with van der Waals surface area (Å²) in [7, 11) is 1.98. The van der Waals surface area contributed by atoms with Gasteiger partial charge in [0.25, 0.3) is 0 Å². The molecule has 0 aromatic carbocycles. The normalized spacial score (nSPS) is 10.5. The van der Waals surface area contributed by atoms with Crippen LogP contribution >= 0.6 is 11.8 Å². The van der Waals surface area contributed by atoms with Gasteiger partial charge in [-0.2, -0.15) is 0 Å². The molecule has 0 fully saturated rings. The van der Waals surface area contributed by atoms with Crippen LogP contribution in [0.15, 0.2) is 35.7 Å². The second-order valence-corrected chi connectivity index (χ2v) is 4.10. The van der Waals surface area contributed by atoms with Crippen LogP contribution in [0.4, 0.5) is 5.69 Å². The molecule has 0 saturated heterocycles. The van der Waals surface area contributed by atoms with Gasteiger partial charge in [-0.25, -0.2) is 9.97 Å². The lowest BCUT2D eigenvalue weighted by Gasteiger charge is -2.03. The predicted molar refractivity (Wildman–Crippen MR) is 61.4 cm³/mol. The molecule has 78 valence electrons. The minimum absolute atomic E-state index is 0.719. The summed E-state index contributed by atoms with van der Waals surface area (Å²) in [5, 5.41) is 0.862. The maximum Gasteiger partial charge on any atom is 0.119 e. The summed E-state index contributed by atoms with van der Waals surface area (Å²) < 4.78 is 1.99.